The van der Waals surface area contributed by atoms with Gasteiger partial charge in [-0.3, -0.25) is 0 Å². The molecule has 12 nitrogen and oxygen atoms in total. The molecule has 1 saturated heterocycles. The van der Waals surface area contributed by atoms with Gasteiger partial charge in [0.1, 0.15) is 31.1 Å². The third-order valence-corrected chi connectivity index (χ3v) is 3.63. The van der Waals surface area contributed by atoms with Crippen LogP contribution in [0.2, 0.25) is 0 Å². The summed E-state index contributed by atoms with van der Waals surface area (Å²) in [5.74, 6) is -1.41. The Bertz CT molecular complexity index is 619. The largest absolute Gasteiger partial charge is 0.479 e. The lowest BCUT2D eigenvalue weighted by Gasteiger charge is -2.38. The molecular weight excluding hydrogens is 330 g/mol. The number of carboxylic acid groups (broad SMARTS) is 1. The summed E-state index contributed by atoms with van der Waals surface area (Å²) >= 11 is 0. The van der Waals surface area contributed by atoms with Crippen LogP contribution in [0.15, 0.2) is 6.20 Å². The van der Waals surface area contributed by atoms with Gasteiger partial charge in [-0.15, -0.1) is 0 Å². The molecule has 134 valence electrons. The molecule has 2 rings (SSSR count). The van der Waals surface area contributed by atoms with Gasteiger partial charge >= 0.3 is 11.8 Å². The zero-order valence-corrected chi connectivity index (χ0v) is 12.6. The molecule has 1 aliphatic heterocycles. The Balaban J connectivity index is 2.00. The molecule has 0 aromatic carbocycles. The number of hydrogen-bond acceptors (Lipinski definition) is 9. The Hall–Kier alpha value is -2.12. The van der Waals surface area contributed by atoms with Crippen LogP contribution in [0, 0.1) is 17.0 Å². The number of rotatable bonds is 6. The van der Waals surface area contributed by atoms with Crippen LogP contribution in [0.1, 0.15) is 5.82 Å². The number of hydrogen-bond donors (Lipinski definition) is 4. The molecule has 0 radical (unpaired) electrons. The minimum Gasteiger partial charge on any atom is -0.479 e. The van der Waals surface area contributed by atoms with Gasteiger partial charge in [-0.2, -0.15) is 0 Å². The standard InChI is InChI=1S/C12H17N3O9/c1-5-13-4-6(15(21)22)14(5)2-3-23-12-9(18)7(16)8(17)10(24-12)11(19)20/h4,7-10,12,16-18H,2-3H2,1H3,(H,19,20)/t7-,8-,9+,10-,12+/m0/s1. The summed E-state index contributed by atoms with van der Waals surface area (Å²) in [7, 11) is 0. The fourth-order valence-corrected chi connectivity index (χ4v) is 2.33. The monoisotopic (exact) mass is 347 g/mol. The van der Waals surface area contributed by atoms with Crippen LogP contribution in [-0.2, 0) is 20.8 Å². The number of nitro groups is 1. The molecule has 24 heavy (non-hydrogen) atoms. The molecule has 0 bridgehead atoms. The van der Waals surface area contributed by atoms with Crippen molar-refractivity contribution in [3.05, 3.63) is 22.1 Å². The first-order valence-corrected chi connectivity index (χ1v) is 6.94. The number of carbonyl (C=O) groups is 1. The van der Waals surface area contributed by atoms with E-state index in [-0.39, 0.29) is 19.0 Å². The van der Waals surface area contributed by atoms with Crippen LogP contribution < -0.4 is 0 Å². The summed E-state index contributed by atoms with van der Waals surface area (Å²) in [6.07, 6.45) is -7.44. The number of aliphatic hydroxyl groups excluding tert-OH is 3. The second kappa shape index (κ2) is 7.19. The zero-order chi connectivity index (χ0) is 18.0. The highest BCUT2D eigenvalue weighted by atomic mass is 16.7. The summed E-state index contributed by atoms with van der Waals surface area (Å²) in [5.41, 5.74) is 0. The maximum atomic E-state index is 11.0. The highest BCUT2D eigenvalue weighted by Crippen LogP contribution is 2.22. The lowest BCUT2D eigenvalue weighted by molar-refractivity contribution is -0.392. The quantitative estimate of drug-likeness (QED) is 0.332. The Morgan fingerprint density at radius 2 is 2.08 bits per heavy atom. The van der Waals surface area contributed by atoms with Crippen molar-refractivity contribution in [2.75, 3.05) is 6.61 Å². The predicted octanol–water partition coefficient (Wildman–Crippen LogP) is -1.99. The number of ether oxygens (including phenoxy) is 2. The molecule has 5 atom stereocenters. The minimum atomic E-state index is -1.81. The van der Waals surface area contributed by atoms with Crippen molar-refractivity contribution < 1.29 is 39.6 Å². The van der Waals surface area contributed by atoms with Crippen LogP contribution in [0.4, 0.5) is 5.82 Å². The molecule has 1 aliphatic rings. The topological polar surface area (TPSA) is 177 Å². The molecular formula is C12H17N3O9. The van der Waals surface area contributed by atoms with Crippen LogP contribution in [-0.4, -0.2) is 78.2 Å². The second-order valence-corrected chi connectivity index (χ2v) is 5.18. The van der Waals surface area contributed by atoms with E-state index in [2.05, 4.69) is 4.98 Å². The molecule has 0 spiro atoms. The van der Waals surface area contributed by atoms with E-state index in [4.69, 9.17) is 14.6 Å². The summed E-state index contributed by atoms with van der Waals surface area (Å²) in [5, 5.41) is 48.8. The van der Waals surface area contributed by atoms with Crippen molar-refractivity contribution in [2.24, 2.45) is 0 Å². The van der Waals surface area contributed by atoms with Gasteiger partial charge in [-0.1, -0.05) is 0 Å². The number of imidazole rings is 1. The number of nitrogens with zero attached hydrogens (tertiary/aromatic N) is 3. The van der Waals surface area contributed by atoms with Gasteiger partial charge < -0.3 is 40.0 Å². The molecule has 1 aromatic heterocycles. The Morgan fingerprint density at radius 1 is 1.42 bits per heavy atom. The third-order valence-electron chi connectivity index (χ3n) is 3.63. The summed E-state index contributed by atoms with van der Waals surface area (Å²) in [4.78, 5) is 25.0. The van der Waals surface area contributed by atoms with Gasteiger partial charge in [0.2, 0.25) is 0 Å². The third kappa shape index (κ3) is 3.52. The normalized spacial score (nSPS) is 30.2. The predicted molar refractivity (Wildman–Crippen MR) is 73.9 cm³/mol. The highest BCUT2D eigenvalue weighted by Gasteiger charge is 2.47. The molecule has 4 N–H and O–H groups in total. The fourth-order valence-electron chi connectivity index (χ4n) is 2.33. The maximum absolute atomic E-state index is 11.0. The van der Waals surface area contributed by atoms with E-state index in [0.29, 0.717) is 5.82 Å². The molecule has 2 heterocycles. The first-order chi connectivity index (χ1) is 11.2. The first kappa shape index (κ1) is 18.2. The zero-order valence-electron chi connectivity index (χ0n) is 12.6. The number of aliphatic carboxylic acids is 1. The average molecular weight is 347 g/mol. The molecule has 0 saturated carbocycles. The number of aliphatic hydroxyl groups is 3. The van der Waals surface area contributed by atoms with Gasteiger partial charge in [-0.05, 0) is 4.92 Å². The van der Waals surface area contributed by atoms with Crippen LogP contribution in [0.25, 0.3) is 0 Å². The molecule has 0 aliphatic carbocycles. The number of aromatic nitrogens is 2. The summed E-state index contributed by atoms with van der Waals surface area (Å²) in [6.45, 7) is 1.36. The SMILES string of the molecule is Cc1ncc([N+](=O)[O-])n1CCO[C@@H]1O[C@H](C(=O)O)[C@@H](O)[C@H](O)[C@H]1O. The maximum Gasteiger partial charge on any atom is 0.342 e. The molecule has 0 amide bonds. The Kier molecular flexibility index (Phi) is 5.46. The van der Waals surface area contributed by atoms with Gasteiger partial charge in [0.15, 0.2) is 18.2 Å². The highest BCUT2D eigenvalue weighted by molar-refractivity contribution is 5.73. The van der Waals surface area contributed by atoms with E-state index < -0.39 is 41.6 Å². The van der Waals surface area contributed by atoms with E-state index >= 15 is 0 Å². The number of aryl methyl sites for hydroxylation is 1. The van der Waals surface area contributed by atoms with Gasteiger partial charge in [0.05, 0.1) is 6.61 Å². The van der Waals surface area contributed by atoms with Crippen molar-refractivity contribution in [3.8, 4) is 0 Å². The smallest absolute Gasteiger partial charge is 0.342 e. The van der Waals surface area contributed by atoms with Gasteiger partial charge in [-0.25, -0.2) is 14.3 Å². The Morgan fingerprint density at radius 3 is 2.67 bits per heavy atom. The van der Waals surface area contributed by atoms with Crippen LogP contribution in [0.3, 0.4) is 0 Å². The van der Waals surface area contributed by atoms with Crippen molar-refractivity contribution in [1.29, 1.82) is 0 Å². The lowest BCUT2D eigenvalue weighted by Crippen LogP contribution is -2.60. The van der Waals surface area contributed by atoms with E-state index in [1.807, 2.05) is 0 Å². The molecule has 1 aromatic rings. The molecule has 1 fully saturated rings. The van der Waals surface area contributed by atoms with Crippen molar-refractivity contribution in [3.63, 3.8) is 0 Å². The van der Waals surface area contributed by atoms with Gasteiger partial charge in [0.25, 0.3) is 0 Å². The number of carboxylic acids is 1. The van der Waals surface area contributed by atoms with E-state index in [1.165, 1.54) is 4.57 Å². The van der Waals surface area contributed by atoms with E-state index in [9.17, 15) is 30.2 Å². The van der Waals surface area contributed by atoms with Crippen molar-refractivity contribution in [1.82, 2.24) is 9.55 Å². The fraction of sp³-hybridized carbons (Fsp3) is 0.667. The van der Waals surface area contributed by atoms with Crippen LogP contribution >= 0.6 is 0 Å². The van der Waals surface area contributed by atoms with E-state index in [1.54, 1.807) is 6.92 Å². The summed E-state index contributed by atoms with van der Waals surface area (Å²) in [6, 6.07) is 0. The second-order valence-electron chi connectivity index (χ2n) is 5.18. The van der Waals surface area contributed by atoms with E-state index in [0.717, 1.165) is 6.20 Å². The molecule has 0 unspecified atom stereocenters. The molecule has 12 heteroatoms. The average Bonchev–Trinajstić information content (AvgIpc) is 2.88. The lowest BCUT2D eigenvalue weighted by atomic mass is 9.99. The van der Waals surface area contributed by atoms with Crippen molar-refractivity contribution >= 4 is 11.8 Å². The van der Waals surface area contributed by atoms with Gasteiger partial charge in [0, 0.05) is 6.92 Å². The van der Waals surface area contributed by atoms with Crippen molar-refractivity contribution in [2.45, 2.75) is 44.2 Å². The summed E-state index contributed by atoms with van der Waals surface area (Å²) < 4.78 is 11.4. The minimum absolute atomic E-state index is 0.00882. The Labute approximate surface area is 135 Å². The first-order valence-electron chi connectivity index (χ1n) is 6.94. The van der Waals surface area contributed by atoms with Crippen LogP contribution in [0.5, 0.6) is 0 Å².